The third-order valence-corrected chi connectivity index (χ3v) is 13.9. The van der Waals surface area contributed by atoms with Gasteiger partial charge in [-0.2, -0.15) is 4.98 Å². The highest BCUT2D eigenvalue weighted by Gasteiger charge is 2.38. The molecule has 38 heavy (non-hydrogen) atoms. The Bertz CT molecular complexity index is 1570. The number of ether oxygens (including phenoxy) is 2. The largest absolute Gasteiger partial charge is 0.481 e. The van der Waals surface area contributed by atoms with Gasteiger partial charge >= 0.3 is 0 Å². The first kappa shape index (κ1) is 27.9. The molecule has 2 aromatic carbocycles. The summed E-state index contributed by atoms with van der Waals surface area (Å²) in [7, 11) is -1.17. The van der Waals surface area contributed by atoms with Crippen molar-refractivity contribution in [1.82, 2.24) is 9.55 Å². The maximum absolute atomic E-state index is 14.3. The number of nitrogens with zero attached hydrogens (tertiary/aromatic N) is 3. The number of hydrogen-bond acceptors (Lipinski definition) is 6. The Morgan fingerprint density at radius 3 is 2.29 bits per heavy atom. The molecule has 0 saturated carbocycles. The zero-order valence-corrected chi connectivity index (χ0v) is 25.2. The number of pyridine rings is 1. The molecule has 0 atom stereocenters. The van der Waals surface area contributed by atoms with Crippen LogP contribution in [-0.4, -0.2) is 53.7 Å². The Morgan fingerprint density at radius 1 is 0.947 bits per heavy atom. The van der Waals surface area contributed by atoms with Gasteiger partial charge in [0, 0.05) is 34.9 Å². The van der Waals surface area contributed by atoms with E-state index in [0.29, 0.717) is 11.6 Å². The molecule has 0 aliphatic heterocycles. The number of anilines is 1. The van der Waals surface area contributed by atoms with Gasteiger partial charge in [0.25, 0.3) is 10.0 Å². The summed E-state index contributed by atoms with van der Waals surface area (Å²) in [6.07, 6.45) is 0. The fourth-order valence-electron chi connectivity index (χ4n) is 4.27. The Morgan fingerprint density at radius 2 is 1.63 bits per heavy atom. The summed E-state index contributed by atoms with van der Waals surface area (Å²) < 4.78 is 49.0. The standard InChI is InChI=1S/C28H37N3O5SSi/c1-28(2,3)38(7,8)36-18-17-31(25-15-16-26(34-5)29-27(25)35-6)37(32,33)20-13-14-24-22(19-20)21-11-9-10-12-23(21)30(24)4/h9-16,19H,17-18H2,1-8H3. The maximum atomic E-state index is 14.3. The number of rotatable bonds is 9. The lowest BCUT2D eigenvalue weighted by atomic mass is 10.1. The third kappa shape index (κ3) is 5.00. The summed E-state index contributed by atoms with van der Waals surface area (Å²) in [6, 6.07) is 16.5. The number of benzene rings is 2. The molecule has 2 aromatic heterocycles. The van der Waals surface area contributed by atoms with Crippen LogP contribution in [-0.2, 0) is 21.5 Å². The van der Waals surface area contributed by atoms with E-state index in [0.717, 1.165) is 21.8 Å². The zero-order valence-electron chi connectivity index (χ0n) is 23.4. The molecule has 0 saturated heterocycles. The van der Waals surface area contributed by atoms with Gasteiger partial charge in [-0.15, -0.1) is 0 Å². The monoisotopic (exact) mass is 555 g/mol. The van der Waals surface area contributed by atoms with E-state index in [9.17, 15) is 8.42 Å². The first-order valence-corrected chi connectivity index (χ1v) is 16.9. The van der Waals surface area contributed by atoms with Crippen LogP contribution in [0.25, 0.3) is 21.8 Å². The quantitative estimate of drug-likeness (QED) is 0.237. The Hall–Kier alpha value is -3.08. The topological polar surface area (TPSA) is 82.9 Å². The highest BCUT2D eigenvalue weighted by Crippen LogP contribution is 2.38. The summed E-state index contributed by atoms with van der Waals surface area (Å²) in [4.78, 5) is 4.53. The lowest BCUT2D eigenvalue weighted by Gasteiger charge is -2.37. The molecule has 0 spiro atoms. The molecule has 0 amide bonds. The summed E-state index contributed by atoms with van der Waals surface area (Å²) >= 11 is 0. The van der Waals surface area contributed by atoms with Gasteiger partial charge in [-0.25, -0.2) is 8.42 Å². The van der Waals surface area contributed by atoms with Gasteiger partial charge in [0.05, 0.1) is 32.3 Å². The van der Waals surface area contributed by atoms with Crippen molar-refractivity contribution in [3.63, 3.8) is 0 Å². The molecular formula is C28H37N3O5SSi. The number of para-hydroxylation sites is 1. The van der Waals surface area contributed by atoms with Crippen LogP contribution in [0.4, 0.5) is 5.69 Å². The lowest BCUT2D eigenvalue weighted by Crippen LogP contribution is -2.43. The second kappa shape index (κ2) is 10.2. The van der Waals surface area contributed by atoms with Gasteiger partial charge in [-0.05, 0) is 48.5 Å². The van der Waals surface area contributed by atoms with Gasteiger partial charge in [-0.1, -0.05) is 39.0 Å². The second-order valence-electron chi connectivity index (χ2n) is 10.8. The van der Waals surface area contributed by atoms with Crippen LogP contribution in [0.5, 0.6) is 11.8 Å². The number of aromatic nitrogens is 2. The van der Waals surface area contributed by atoms with E-state index in [2.05, 4.69) is 43.4 Å². The first-order chi connectivity index (χ1) is 17.8. The van der Waals surface area contributed by atoms with Crippen molar-refractivity contribution in [2.75, 3.05) is 31.7 Å². The summed E-state index contributed by atoms with van der Waals surface area (Å²) in [6.45, 7) is 11.1. The van der Waals surface area contributed by atoms with Crippen LogP contribution in [0.3, 0.4) is 0 Å². The lowest BCUT2D eigenvalue weighted by molar-refractivity contribution is 0.297. The molecular weight excluding hydrogens is 518 g/mol. The van der Waals surface area contributed by atoms with E-state index in [4.69, 9.17) is 13.9 Å². The fraction of sp³-hybridized carbons (Fsp3) is 0.393. The van der Waals surface area contributed by atoms with Crippen molar-refractivity contribution in [3.8, 4) is 11.8 Å². The Labute approximate surface area is 226 Å². The van der Waals surface area contributed by atoms with E-state index >= 15 is 0 Å². The molecule has 204 valence electrons. The number of hydrogen-bond donors (Lipinski definition) is 0. The summed E-state index contributed by atoms with van der Waals surface area (Å²) in [5.74, 6) is 0.490. The zero-order chi connectivity index (χ0) is 27.9. The highest BCUT2D eigenvalue weighted by atomic mass is 32.2. The molecule has 0 radical (unpaired) electrons. The van der Waals surface area contributed by atoms with Gasteiger partial charge in [0.15, 0.2) is 8.32 Å². The smallest absolute Gasteiger partial charge is 0.264 e. The van der Waals surface area contributed by atoms with E-state index in [1.54, 1.807) is 24.3 Å². The molecule has 0 bridgehead atoms. The van der Waals surface area contributed by atoms with Crippen molar-refractivity contribution >= 4 is 45.8 Å². The molecule has 0 fully saturated rings. The molecule has 0 N–H and O–H groups in total. The molecule has 0 unspecified atom stereocenters. The average molecular weight is 556 g/mol. The van der Waals surface area contributed by atoms with Crippen molar-refractivity contribution in [3.05, 3.63) is 54.6 Å². The minimum absolute atomic E-state index is 0.00450. The van der Waals surface area contributed by atoms with Crippen LogP contribution >= 0.6 is 0 Å². The third-order valence-electron chi connectivity index (χ3n) is 7.52. The van der Waals surface area contributed by atoms with E-state index in [1.165, 1.54) is 18.5 Å². The number of aryl methyl sites for hydroxylation is 1. The predicted octanol–water partition coefficient (Wildman–Crippen LogP) is 5.96. The summed E-state index contributed by atoms with van der Waals surface area (Å²) in [5.41, 5.74) is 2.32. The minimum Gasteiger partial charge on any atom is -0.481 e. The Balaban J connectivity index is 1.81. The second-order valence-corrected chi connectivity index (χ2v) is 17.5. The average Bonchev–Trinajstić information content (AvgIpc) is 3.17. The minimum atomic E-state index is -4.01. The van der Waals surface area contributed by atoms with Crippen molar-refractivity contribution < 1.29 is 22.3 Å². The molecule has 4 rings (SSSR count). The predicted molar refractivity (Wildman–Crippen MR) is 155 cm³/mol. The van der Waals surface area contributed by atoms with Crippen LogP contribution in [0.1, 0.15) is 20.8 Å². The van der Waals surface area contributed by atoms with E-state index in [1.807, 2.05) is 37.4 Å². The van der Waals surface area contributed by atoms with Crippen molar-refractivity contribution in [1.29, 1.82) is 0 Å². The fourth-order valence-corrected chi connectivity index (χ4v) is 6.78. The van der Waals surface area contributed by atoms with Crippen LogP contribution in [0.15, 0.2) is 59.5 Å². The molecule has 0 aliphatic carbocycles. The van der Waals surface area contributed by atoms with Crippen LogP contribution in [0, 0.1) is 0 Å². The van der Waals surface area contributed by atoms with Crippen LogP contribution in [0.2, 0.25) is 18.1 Å². The first-order valence-electron chi connectivity index (χ1n) is 12.5. The number of methoxy groups -OCH3 is 2. The van der Waals surface area contributed by atoms with Gasteiger partial charge in [0.1, 0.15) is 5.69 Å². The normalized spacial score (nSPS) is 12.7. The Kier molecular flexibility index (Phi) is 7.53. The van der Waals surface area contributed by atoms with Crippen molar-refractivity contribution in [2.24, 2.45) is 7.05 Å². The molecule has 4 aromatic rings. The molecule has 2 heterocycles. The van der Waals surface area contributed by atoms with Gasteiger partial charge in [-0.3, -0.25) is 4.31 Å². The molecule has 0 aliphatic rings. The van der Waals surface area contributed by atoms with E-state index < -0.39 is 18.3 Å². The summed E-state index contributed by atoms with van der Waals surface area (Å²) in [5, 5.41) is 1.87. The SMILES string of the molecule is COc1ccc(N(CCO[Si](C)(C)C(C)(C)C)S(=O)(=O)c2ccc3c(c2)c2ccccc2n3C)c(OC)n1. The molecule has 10 heteroatoms. The number of sulfonamides is 1. The van der Waals surface area contributed by atoms with Crippen LogP contribution < -0.4 is 13.8 Å². The number of fused-ring (bicyclic) bond motifs is 3. The van der Waals surface area contributed by atoms with Gasteiger partial charge < -0.3 is 18.5 Å². The van der Waals surface area contributed by atoms with Crippen molar-refractivity contribution in [2.45, 2.75) is 43.8 Å². The maximum Gasteiger partial charge on any atom is 0.264 e. The van der Waals surface area contributed by atoms with E-state index in [-0.39, 0.29) is 29.0 Å². The highest BCUT2D eigenvalue weighted by molar-refractivity contribution is 7.92. The van der Waals surface area contributed by atoms with Gasteiger partial charge in [0.2, 0.25) is 11.8 Å². The molecule has 8 nitrogen and oxygen atoms in total.